The summed E-state index contributed by atoms with van der Waals surface area (Å²) in [4.78, 5) is 25.1. The van der Waals surface area contributed by atoms with Crippen LogP contribution in [-0.4, -0.2) is 34.2 Å². The summed E-state index contributed by atoms with van der Waals surface area (Å²) in [5, 5.41) is 9.48. The van der Waals surface area contributed by atoms with Crippen LogP contribution in [0.3, 0.4) is 0 Å². The van der Waals surface area contributed by atoms with Crippen LogP contribution in [0, 0.1) is 5.92 Å². The molecule has 0 saturated carbocycles. The van der Waals surface area contributed by atoms with Crippen molar-refractivity contribution in [2.75, 3.05) is 6.54 Å². The minimum absolute atomic E-state index is 0.130. The van der Waals surface area contributed by atoms with Gasteiger partial charge in [-0.3, -0.25) is 4.90 Å². The zero-order valence-corrected chi connectivity index (χ0v) is 12.0. The molecule has 2 atom stereocenters. The van der Waals surface area contributed by atoms with Gasteiger partial charge in [0.2, 0.25) is 0 Å². The van der Waals surface area contributed by atoms with Crippen LogP contribution in [-0.2, 0) is 16.1 Å². The third kappa shape index (κ3) is 2.77. The maximum Gasteiger partial charge on any atom is 0.411 e. The van der Waals surface area contributed by atoms with Gasteiger partial charge in [-0.25, -0.2) is 9.59 Å². The Balaban J connectivity index is 2.08. The molecule has 0 spiro atoms. The van der Waals surface area contributed by atoms with E-state index in [0.717, 1.165) is 5.56 Å². The lowest BCUT2D eigenvalue weighted by molar-refractivity contribution is -0.149. The van der Waals surface area contributed by atoms with Crippen molar-refractivity contribution in [1.29, 1.82) is 0 Å². The number of carboxylic acid groups (broad SMARTS) is 1. The van der Waals surface area contributed by atoms with Crippen molar-refractivity contribution in [1.82, 2.24) is 4.90 Å². The highest BCUT2D eigenvalue weighted by atomic mass is 16.6. The minimum Gasteiger partial charge on any atom is -0.479 e. The fourth-order valence-corrected chi connectivity index (χ4v) is 2.68. The van der Waals surface area contributed by atoms with Crippen LogP contribution in [0.25, 0.3) is 0 Å². The van der Waals surface area contributed by atoms with Gasteiger partial charge in [0.05, 0.1) is 0 Å². The first-order valence-corrected chi connectivity index (χ1v) is 6.84. The number of likely N-dealkylation sites (tertiary alicyclic amines) is 1. The van der Waals surface area contributed by atoms with E-state index in [1.165, 1.54) is 4.90 Å². The highest BCUT2D eigenvalue weighted by molar-refractivity contribution is 5.85. The van der Waals surface area contributed by atoms with Crippen LogP contribution in [0.1, 0.15) is 18.9 Å². The molecule has 1 aromatic rings. The molecule has 1 fully saturated rings. The van der Waals surface area contributed by atoms with Crippen LogP contribution < -0.4 is 0 Å². The van der Waals surface area contributed by atoms with Crippen molar-refractivity contribution in [3.63, 3.8) is 0 Å². The summed E-state index contributed by atoms with van der Waals surface area (Å²) in [6.07, 6.45) is 1.57. The van der Waals surface area contributed by atoms with E-state index in [0.29, 0.717) is 13.0 Å². The summed E-state index contributed by atoms with van der Waals surface area (Å²) in [6, 6.07) is 9.28. The highest BCUT2D eigenvalue weighted by Crippen LogP contribution is 2.36. The van der Waals surface area contributed by atoms with E-state index in [9.17, 15) is 14.7 Å². The fourth-order valence-electron chi connectivity index (χ4n) is 2.68. The lowest BCUT2D eigenvalue weighted by atomic mass is 9.87. The number of hydrogen-bond acceptors (Lipinski definition) is 3. The Morgan fingerprint density at radius 2 is 2.14 bits per heavy atom. The van der Waals surface area contributed by atoms with E-state index in [1.54, 1.807) is 13.0 Å². The molecule has 0 bridgehead atoms. The van der Waals surface area contributed by atoms with Crippen molar-refractivity contribution in [2.45, 2.75) is 25.5 Å². The van der Waals surface area contributed by atoms with Gasteiger partial charge < -0.3 is 9.84 Å². The number of rotatable bonds is 4. The van der Waals surface area contributed by atoms with Gasteiger partial charge in [-0.05, 0) is 18.9 Å². The van der Waals surface area contributed by atoms with E-state index < -0.39 is 17.6 Å². The molecular weight excluding hydrogens is 270 g/mol. The van der Waals surface area contributed by atoms with Crippen LogP contribution in [0.5, 0.6) is 0 Å². The summed E-state index contributed by atoms with van der Waals surface area (Å²) in [5.41, 5.74) is -0.433. The summed E-state index contributed by atoms with van der Waals surface area (Å²) in [5.74, 6) is -1.32. The molecule has 0 aromatic heterocycles. The highest BCUT2D eigenvalue weighted by Gasteiger charge is 2.52. The van der Waals surface area contributed by atoms with E-state index in [2.05, 4.69) is 6.58 Å². The van der Waals surface area contributed by atoms with Crippen molar-refractivity contribution in [3.05, 3.63) is 48.6 Å². The summed E-state index contributed by atoms with van der Waals surface area (Å²) < 4.78 is 5.24. The topological polar surface area (TPSA) is 66.8 Å². The number of hydrogen-bond donors (Lipinski definition) is 1. The molecule has 2 rings (SSSR count). The van der Waals surface area contributed by atoms with Gasteiger partial charge in [-0.15, -0.1) is 6.58 Å². The molecule has 1 amide bonds. The van der Waals surface area contributed by atoms with Gasteiger partial charge in [-0.1, -0.05) is 36.4 Å². The molecular formula is C16H19NO4. The number of carboxylic acids is 1. The number of ether oxygens (including phenoxy) is 1. The summed E-state index contributed by atoms with van der Waals surface area (Å²) in [6.45, 7) is 5.69. The molecule has 21 heavy (non-hydrogen) atoms. The molecule has 1 aliphatic heterocycles. The zero-order valence-electron chi connectivity index (χ0n) is 12.0. The second-order valence-electron chi connectivity index (χ2n) is 5.28. The average molecular weight is 289 g/mol. The van der Waals surface area contributed by atoms with Crippen LogP contribution in [0.2, 0.25) is 0 Å². The van der Waals surface area contributed by atoms with Crippen LogP contribution >= 0.6 is 0 Å². The molecule has 5 heteroatoms. The number of carbonyl (C=O) groups is 2. The van der Waals surface area contributed by atoms with E-state index in [-0.39, 0.29) is 12.5 Å². The third-order valence-electron chi connectivity index (χ3n) is 4.09. The Morgan fingerprint density at radius 3 is 2.71 bits per heavy atom. The van der Waals surface area contributed by atoms with Gasteiger partial charge in [-0.2, -0.15) is 0 Å². The van der Waals surface area contributed by atoms with E-state index in [1.807, 2.05) is 30.3 Å². The third-order valence-corrected chi connectivity index (χ3v) is 4.09. The van der Waals surface area contributed by atoms with Gasteiger partial charge in [0, 0.05) is 12.5 Å². The van der Waals surface area contributed by atoms with E-state index in [4.69, 9.17) is 4.74 Å². The second-order valence-corrected chi connectivity index (χ2v) is 5.28. The number of aliphatic carboxylic acids is 1. The van der Waals surface area contributed by atoms with Gasteiger partial charge in [0.25, 0.3) is 0 Å². The smallest absolute Gasteiger partial charge is 0.411 e. The van der Waals surface area contributed by atoms with Crippen LogP contribution in [0.4, 0.5) is 4.79 Å². The largest absolute Gasteiger partial charge is 0.479 e. The van der Waals surface area contributed by atoms with Gasteiger partial charge in [0.1, 0.15) is 12.1 Å². The monoisotopic (exact) mass is 289 g/mol. The van der Waals surface area contributed by atoms with Crippen molar-refractivity contribution in [3.8, 4) is 0 Å². The second kappa shape index (κ2) is 5.99. The molecule has 1 aromatic carbocycles. The average Bonchev–Trinajstić information content (AvgIpc) is 2.84. The maximum absolute atomic E-state index is 12.2. The number of carbonyl (C=O) groups excluding carboxylic acids is 1. The quantitative estimate of drug-likeness (QED) is 0.865. The SMILES string of the molecule is C=C[C@@H]1CCN(C(=O)OCc2ccccc2)[C@@]1(C)C(=O)O. The van der Waals surface area contributed by atoms with Crippen molar-refractivity contribution >= 4 is 12.1 Å². The Bertz CT molecular complexity index is 542. The van der Waals surface area contributed by atoms with Crippen molar-refractivity contribution < 1.29 is 19.4 Å². The maximum atomic E-state index is 12.2. The summed E-state index contributed by atoms with van der Waals surface area (Å²) >= 11 is 0. The Labute approximate surface area is 123 Å². The normalized spacial score (nSPS) is 24.6. The number of nitrogens with zero attached hydrogens (tertiary/aromatic N) is 1. The van der Waals surface area contributed by atoms with Crippen molar-refractivity contribution in [2.24, 2.45) is 5.92 Å². The minimum atomic E-state index is -1.30. The Hall–Kier alpha value is -2.30. The predicted octanol–water partition coefficient (Wildman–Crippen LogP) is 2.67. The first kappa shape index (κ1) is 15.1. The van der Waals surface area contributed by atoms with E-state index >= 15 is 0 Å². The molecule has 0 radical (unpaired) electrons. The molecule has 5 nitrogen and oxygen atoms in total. The molecule has 0 unspecified atom stereocenters. The lowest BCUT2D eigenvalue weighted by Crippen LogP contribution is -2.54. The molecule has 1 saturated heterocycles. The Morgan fingerprint density at radius 1 is 1.48 bits per heavy atom. The fraction of sp³-hybridized carbons (Fsp3) is 0.375. The molecule has 1 heterocycles. The first-order valence-electron chi connectivity index (χ1n) is 6.84. The number of amides is 1. The standard InChI is InChI=1S/C16H19NO4/c1-3-13-9-10-17(16(13,2)14(18)19)15(20)21-11-12-7-5-4-6-8-12/h3-8,13H,1,9-11H2,2H3,(H,18,19)/t13-,16-/m1/s1. The molecule has 1 aliphatic rings. The predicted molar refractivity (Wildman–Crippen MR) is 77.7 cm³/mol. The van der Waals surface area contributed by atoms with Gasteiger partial charge in [0.15, 0.2) is 0 Å². The molecule has 112 valence electrons. The zero-order chi connectivity index (χ0) is 15.5. The number of benzene rings is 1. The summed E-state index contributed by atoms with van der Waals surface area (Å²) in [7, 11) is 0. The van der Waals surface area contributed by atoms with Gasteiger partial charge >= 0.3 is 12.1 Å². The molecule has 1 N–H and O–H groups in total. The molecule has 0 aliphatic carbocycles. The first-order chi connectivity index (χ1) is 10.00. The van der Waals surface area contributed by atoms with Crippen LogP contribution in [0.15, 0.2) is 43.0 Å². The lowest BCUT2D eigenvalue weighted by Gasteiger charge is -2.33. The Kier molecular flexibility index (Phi) is 4.31.